The summed E-state index contributed by atoms with van der Waals surface area (Å²) in [5.74, 6) is -0.351. The number of carbonyl (C=O) groups excluding carboxylic acids is 1. The Bertz CT molecular complexity index is 562. The number of benzene rings is 1. The molecule has 0 spiro atoms. The lowest BCUT2D eigenvalue weighted by Crippen LogP contribution is -2.06. The van der Waals surface area contributed by atoms with E-state index < -0.39 is 0 Å². The molecular weight excluding hydrogens is 312 g/mol. The van der Waals surface area contributed by atoms with E-state index in [9.17, 15) is 4.79 Å². The van der Waals surface area contributed by atoms with Crippen molar-refractivity contribution in [3.8, 4) is 0 Å². The van der Waals surface area contributed by atoms with E-state index in [0.717, 1.165) is 22.0 Å². The first kappa shape index (κ1) is 13.2. The van der Waals surface area contributed by atoms with Gasteiger partial charge in [0.1, 0.15) is 6.29 Å². The predicted molar refractivity (Wildman–Crippen MR) is 75.9 cm³/mol. The zero-order valence-electron chi connectivity index (χ0n) is 9.71. The molecule has 0 aliphatic heterocycles. The highest BCUT2D eigenvalue weighted by molar-refractivity contribution is 9.10. The van der Waals surface area contributed by atoms with Crippen molar-refractivity contribution in [3.05, 3.63) is 52.3 Å². The molecule has 2 aromatic rings. The molecule has 1 unspecified atom stereocenters. The molecule has 2 rings (SSSR count). The van der Waals surface area contributed by atoms with Gasteiger partial charge in [-0.15, -0.1) is 0 Å². The SMILES string of the molecule is CSc1nccc(C(C=O)c2cccc(Br)c2)n1. The van der Waals surface area contributed by atoms with Crippen LogP contribution in [-0.2, 0) is 4.79 Å². The molecule has 92 valence electrons. The molecule has 0 aliphatic rings. The minimum absolute atomic E-state index is 0.351. The Morgan fingerprint density at radius 2 is 2.22 bits per heavy atom. The van der Waals surface area contributed by atoms with E-state index in [2.05, 4.69) is 25.9 Å². The minimum Gasteiger partial charge on any atom is -0.302 e. The summed E-state index contributed by atoms with van der Waals surface area (Å²) in [7, 11) is 0. The molecule has 1 heterocycles. The van der Waals surface area contributed by atoms with Gasteiger partial charge in [-0.3, -0.25) is 0 Å². The van der Waals surface area contributed by atoms with Gasteiger partial charge in [0.25, 0.3) is 0 Å². The van der Waals surface area contributed by atoms with Gasteiger partial charge in [-0.2, -0.15) is 0 Å². The topological polar surface area (TPSA) is 42.9 Å². The lowest BCUT2D eigenvalue weighted by atomic mass is 9.97. The number of nitrogens with zero attached hydrogens (tertiary/aromatic N) is 2. The van der Waals surface area contributed by atoms with Gasteiger partial charge < -0.3 is 4.79 Å². The van der Waals surface area contributed by atoms with E-state index in [-0.39, 0.29) is 5.92 Å². The third-order valence-corrected chi connectivity index (χ3v) is 3.56. The van der Waals surface area contributed by atoms with Crippen LogP contribution < -0.4 is 0 Å². The van der Waals surface area contributed by atoms with Crippen molar-refractivity contribution in [1.82, 2.24) is 9.97 Å². The summed E-state index contributed by atoms with van der Waals surface area (Å²) >= 11 is 4.87. The number of rotatable bonds is 4. The van der Waals surface area contributed by atoms with Crippen molar-refractivity contribution in [1.29, 1.82) is 0 Å². The Balaban J connectivity index is 2.41. The summed E-state index contributed by atoms with van der Waals surface area (Å²) in [6.07, 6.45) is 4.50. The lowest BCUT2D eigenvalue weighted by molar-refractivity contribution is -0.108. The summed E-state index contributed by atoms with van der Waals surface area (Å²) in [5, 5.41) is 0.675. The second kappa shape index (κ2) is 6.11. The maximum Gasteiger partial charge on any atom is 0.187 e. The van der Waals surface area contributed by atoms with Crippen molar-refractivity contribution in [3.63, 3.8) is 0 Å². The maximum absolute atomic E-state index is 11.3. The molecule has 1 atom stereocenters. The molecule has 0 N–H and O–H groups in total. The van der Waals surface area contributed by atoms with Crippen molar-refractivity contribution in [2.45, 2.75) is 11.1 Å². The van der Waals surface area contributed by atoms with Gasteiger partial charge in [0, 0.05) is 10.7 Å². The number of thioether (sulfide) groups is 1. The Kier molecular flexibility index (Phi) is 4.49. The number of halogens is 1. The molecule has 0 fully saturated rings. The average molecular weight is 323 g/mol. The summed E-state index contributed by atoms with van der Waals surface area (Å²) in [6, 6.07) is 9.47. The van der Waals surface area contributed by atoms with Crippen LogP contribution in [0.25, 0.3) is 0 Å². The first-order chi connectivity index (χ1) is 8.74. The summed E-state index contributed by atoms with van der Waals surface area (Å²) < 4.78 is 0.950. The molecule has 0 aliphatic carbocycles. The largest absolute Gasteiger partial charge is 0.302 e. The Labute approximate surface area is 118 Å². The van der Waals surface area contributed by atoms with E-state index in [4.69, 9.17) is 0 Å². The first-order valence-corrected chi connectivity index (χ1v) is 7.34. The molecule has 0 amide bonds. The standard InChI is InChI=1S/C13H11BrN2OS/c1-18-13-15-6-5-12(16-13)11(8-17)9-3-2-4-10(14)7-9/h2-8,11H,1H3. The monoisotopic (exact) mass is 322 g/mol. The molecule has 5 heteroatoms. The summed E-state index contributed by atoms with van der Waals surface area (Å²) in [6.45, 7) is 0. The fourth-order valence-electron chi connectivity index (χ4n) is 1.64. The van der Waals surface area contributed by atoms with Gasteiger partial charge in [0.05, 0.1) is 11.6 Å². The predicted octanol–water partition coefficient (Wildman–Crippen LogP) is 3.29. The third kappa shape index (κ3) is 2.97. The molecular formula is C13H11BrN2OS. The van der Waals surface area contributed by atoms with Crippen LogP contribution in [0.1, 0.15) is 17.2 Å². The molecule has 0 saturated carbocycles. The Morgan fingerprint density at radius 3 is 2.89 bits per heavy atom. The van der Waals surface area contributed by atoms with E-state index >= 15 is 0 Å². The summed E-state index contributed by atoms with van der Waals surface area (Å²) in [4.78, 5) is 19.8. The van der Waals surface area contributed by atoms with Gasteiger partial charge in [-0.05, 0) is 30.0 Å². The van der Waals surface area contributed by atoms with E-state index in [1.54, 1.807) is 12.3 Å². The lowest BCUT2D eigenvalue weighted by Gasteiger charge is -2.11. The molecule has 0 radical (unpaired) electrons. The summed E-state index contributed by atoms with van der Waals surface area (Å²) in [5.41, 5.74) is 1.65. The van der Waals surface area contributed by atoms with Crippen LogP contribution in [0, 0.1) is 0 Å². The average Bonchev–Trinajstić information content (AvgIpc) is 2.40. The smallest absolute Gasteiger partial charge is 0.187 e. The number of aldehydes is 1. The fourth-order valence-corrected chi connectivity index (χ4v) is 2.42. The first-order valence-electron chi connectivity index (χ1n) is 5.32. The van der Waals surface area contributed by atoms with Crippen LogP contribution >= 0.6 is 27.7 Å². The van der Waals surface area contributed by atoms with Gasteiger partial charge in [0.2, 0.25) is 0 Å². The quantitative estimate of drug-likeness (QED) is 0.492. The van der Waals surface area contributed by atoms with Crippen LogP contribution in [0.3, 0.4) is 0 Å². The van der Waals surface area contributed by atoms with Crippen LogP contribution in [0.2, 0.25) is 0 Å². The van der Waals surface area contributed by atoms with Crippen LogP contribution in [0.15, 0.2) is 46.2 Å². The van der Waals surface area contributed by atoms with Crippen molar-refractivity contribution < 1.29 is 4.79 Å². The van der Waals surface area contributed by atoms with Crippen molar-refractivity contribution in [2.75, 3.05) is 6.26 Å². The van der Waals surface area contributed by atoms with Gasteiger partial charge in [-0.25, -0.2) is 9.97 Å². The molecule has 1 aromatic heterocycles. The molecule has 18 heavy (non-hydrogen) atoms. The highest BCUT2D eigenvalue weighted by Crippen LogP contribution is 2.24. The molecule has 0 bridgehead atoms. The third-order valence-electron chi connectivity index (χ3n) is 2.50. The van der Waals surface area contributed by atoms with Gasteiger partial charge in [0.15, 0.2) is 5.16 Å². The molecule has 0 saturated heterocycles. The van der Waals surface area contributed by atoms with E-state index in [0.29, 0.717) is 5.16 Å². The van der Waals surface area contributed by atoms with Crippen LogP contribution in [-0.4, -0.2) is 22.5 Å². The van der Waals surface area contributed by atoms with Gasteiger partial charge in [-0.1, -0.05) is 39.8 Å². The molecule has 1 aromatic carbocycles. The zero-order valence-corrected chi connectivity index (χ0v) is 12.1. The van der Waals surface area contributed by atoms with Crippen LogP contribution in [0.4, 0.5) is 0 Å². The maximum atomic E-state index is 11.3. The Hall–Kier alpha value is -1.20. The second-order valence-electron chi connectivity index (χ2n) is 3.64. The van der Waals surface area contributed by atoms with E-state index in [1.807, 2.05) is 30.5 Å². The Morgan fingerprint density at radius 1 is 1.39 bits per heavy atom. The normalized spacial score (nSPS) is 12.1. The minimum atomic E-state index is -0.351. The number of hydrogen-bond acceptors (Lipinski definition) is 4. The van der Waals surface area contributed by atoms with Crippen LogP contribution in [0.5, 0.6) is 0 Å². The number of hydrogen-bond donors (Lipinski definition) is 0. The zero-order chi connectivity index (χ0) is 13.0. The number of carbonyl (C=O) groups is 1. The highest BCUT2D eigenvalue weighted by Gasteiger charge is 2.15. The van der Waals surface area contributed by atoms with E-state index in [1.165, 1.54) is 11.8 Å². The highest BCUT2D eigenvalue weighted by atomic mass is 79.9. The van der Waals surface area contributed by atoms with Crippen molar-refractivity contribution in [2.24, 2.45) is 0 Å². The van der Waals surface area contributed by atoms with Crippen molar-refractivity contribution >= 4 is 34.0 Å². The fraction of sp³-hybridized carbons (Fsp3) is 0.154. The second-order valence-corrected chi connectivity index (χ2v) is 5.33. The molecule has 3 nitrogen and oxygen atoms in total. The number of aromatic nitrogens is 2. The van der Waals surface area contributed by atoms with Gasteiger partial charge >= 0.3 is 0 Å².